The molecule has 1 aromatic heterocycles. The highest BCUT2D eigenvalue weighted by atomic mass is 14.7. The summed E-state index contributed by atoms with van der Waals surface area (Å²) in [5.74, 6) is 0. The predicted molar refractivity (Wildman–Crippen MR) is 70.7 cm³/mol. The van der Waals surface area contributed by atoms with Gasteiger partial charge in [0.25, 0.3) is 0 Å². The zero-order chi connectivity index (χ0) is 11.6. The summed E-state index contributed by atoms with van der Waals surface area (Å²) in [6.45, 7) is 6.92. The van der Waals surface area contributed by atoms with Crippen molar-refractivity contribution in [2.45, 2.75) is 40.0 Å². The van der Waals surface area contributed by atoms with E-state index in [0.29, 0.717) is 5.41 Å². The van der Waals surface area contributed by atoms with Crippen LogP contribution < -0.4 is 0 Å². The molecule has 0 saturated heterocycles. The summed E-state index contributed by atoms with van der Waals surface area (Å²) in [6.07, 6.45) is 5.90. The maximum atomic E-state index is 3.34. The minimum atomic E-state index is 0.451. The van der Waals surface area contributed by atoms with E-state index in [1.807, 2.05) is 0 Å². The van der Waals surface area contributed by atoms with Gasteiger partial charge in [-0.15, -0.1) is 0 Å². The van der Waals surface area contributed by atoms with Crippen molar-refractivity contribution in [2.24, 2.45) is 5.41 Å². The summed E-state index contributed by atoms with van der Waals surface area (Å²) in [7, 11) is 0. The summed E-state index contributed by atoms with van der Waals surface area (Å²) in [5.41, 5.74) is 3.17. The highest BCUT2D eigenvalue weighted by Crippen LogP contribution is 2.24. The highest BCUT2D eigenvalue weighted by molar-refractivity contribution is 5.82. The first-order valence-corrected chi connectivity index (χ1v) is 6.11. The molecular weight excluding hydrogens is 194 g/mol. The van der Waals surface area contributed by atoms with Gasteiger partial charge in [-0.25, -0.2) is 0 Å². The molecule has 0 saturated carbocycles. The Morgan fingerprint density at radius 1 is 1.12 bits per heavy atom. The Labute approximate surface area is 97.9 Å². The van der Waals surface area contributed by atoms with Gasteiger partial charge in [-0.05, 0) is 36.3 Å². The van der Waals surface area contributed by atoms with E-state index >= 15 is 0 Å². The van der Waals surface area contributed by atoms with Gasteiger partial charge in [-0.2, -0.15) is 0 Å². The lowest BCUT2D eigenvalue weighted by Crippen LogP contribution is -2.04. The average molecular weight is 215 g/mol. The second-order valence-corrected chi connectivity index (χ2v) is 5.77. The second-order valence-electron chi connectivity index (χ2n) is 5.77. The molecule has 86 valence electrons. The van der Waals surface area contributed by atoms with E-state index in [4.69, 9.17) is 0 Å². The Morgan fingerprint density at radius 2 is 1.88 bits per heavy atom. The molecule has 0 aliphatic carbocycles. The summed E-state index contributed by atoms with van der Waals surface area (Å²) in [6, 6.07) is 8.54. The zero-order valence-electron chi connectivity index (χ0n) is 10.5. The van der Waals surface area contributed by atoms with Crippen molar-refractivity contribution in [1.82, 2.24) is 4.98 Å². The standard InChI is InChI=1S/C15H21N/c1-15(2,3)10-6-7-12-11-16-14-9-5-4-8-13(12)14/h4-5,8-9,11,16H,6-7,10H2,1-3H3. The van der Waals surface area contributed by atoms with E-state index in [1.165, 1.54) is 35.7 Å². The first-order valence-electron chi connectivity index (χ1n) is 6.11. The molecule has 0 radical (unpaired) electrons. The number of benzene rings is 1. The Kier molecular flexibility index (Phi) is 3.04. The third-order valence-corrected chi connectivity index (χ3v) is 3.05. The third kappa shape index (κ3) is 2.66. The molecule has 2 aromatic rings. The molecule has 1 heteroatoms. The van der Waals surface area contributed by atoms with Crippen molar-refractivity contribution in [3.8, 4) is 0 Å². The van der Waals surface area contributed by atoms with Gasteiger partial charge < -0.3 is 4.98 Å². The number of nitrogens with one attached hydrogen (secondary N) is 1. The SMILES string of the molecule is CC(C)(C)CCCc1c[nH]c2ccccc12. The minimum absolute atomic E-state index is 0.451. The third-order valence-electron chi connectivity index (χ3n) is 3.05. The van der Waals surface area contributed by atoms with Crippen molar-refractivity contribution in [3.63, 3.8) is 0 Å². The molecule has 1 aromatic carbocycles. The van der Waals surface area contributed by atoms with Gasteiger partial charge in [0.1, 0.15) is 0 Å². The number of aryl methyl sites for hydroxylation is 1. The van der Waals surface area contributed by atoms with Crippen molar-refractivity contribution in [2.75, 3.05) is 0 Å². The number of H-pyrrole nitrogens is 1. The monoisotopic (exact) mass is 215 g/mol. The van der Waals surface area contributed by atoms with Gasteiger partial charge in [-0.3, -0.25) is 0 Å². The summed E-state index contributed by atoms with van der Waals surface area (Å²) < 4.78 is 0. The van der Waals surface area contributed by atoms with E-state index in [-0.39, 0.29) is 0 Å². The van der Waals surface area contributed by atoms with Crippen LogP contribution in [0.25, 0.3) is 10.9 Å². The van der Waals surface area contributed by atoms with Crippen LogP contribution in [0.5, 0.6) is 0 Å². The van der Waals surface area contributed by atoms with Crippen LogP contribution in [0.1, 0.15) is 39.2 Å². The quantitative estimate of drug-likeness (QED) is 0.774. The van der Waals surface area contributed by atoms with Crippen molar-refractivity contribution < 1.29 is 0 Å². The molecule has 0 spiro atoms. The molecule has 1 N–H and O–H groups in total. The molecule has 0 fully saturated rings. The van der Waals surface area contributed by atoms with Crippen LogP contribution in [0.4, 0.5) is 0 Å². The summed E-state index contributed by atoms with van der Waals surface area (Å²) >= 11 is 0. The number of fused-ring (bicyclic) bond motifs is 1. The van der Waals surface area contributed by atoms with E-state index < -0.39 is 0 Å². The highest BCUT2D eigenvalue weighted by Gasteiger charge is 2.10. The molecule has 0 amide bonds. The van der Waals surface area contributed by atoms with Gasteiger partial charge in [0, 0.05) is 17.1 Å². The summed E-state index contributed by atoms with van der Waals surface area (Å²) in [4.78, 5) is 3.34. The zero-order valence-corrected chi connectivity index (χ0v) is 10.5. The predicted octanol–water partition coefficient (Wildman–Crippen LogP) is 4.54. The maximum Gasteiger partial charge on any atom is 0.0456 e. The number of para-hydroxylation sites is 1. The Morgan fingerprint density at radius 3 is 2.62 bits per heavy atom. The van der Waals surface area contributed by atoms with Crippen molar-refractivity contribution in [1.29, 1.82) is 0 Å². The lowest BCUT2D eigenvalue weighted by atomic mass is 9.89. The molecule has 16 heavy (non-hydrogen) atoms. The second kappa shape index (κ2) is 4.32. The topological polar surface area (TPSA) is 15.8 Å². The first kappa shape index (κ1) is 11.3. The van der Waals surface area contributed by atoms with Gasteiger partial charge >= 0.3 is 0 Å². The smallest absolute Gasteiger partial charge is 0.0456 e. The molecular formula is C15H21N. The van der Waals surface area contributed by atoms with Gasteiger partial charge in [0.2, 0.25) is 0 Å². The van der Waals surface area contributed by atoms with Crippen LogP contribution in [0.15, 0.2) is 30.5 Å². The van der Waals surface area contributed by atoms with Crippen LogP contribution in [-0.4, -0.2) is 4.98 Å². The number of aromatic amines is 1. The number of rotatable bonds is 3. The minimum Gasteiger partial charge on any atom is -0.361 e. The fourth-order valence-electron chi connectivity index (χ4n) is 2.15. The lowest BCUT2D eigenvalue weighted by molar-refractivity contribution is 0.366. The molecule has 0 aliphatic rings. The Bertz CT molecular complexity index is 459. The normalized spacial score (nSPS) is 12.2. The molecule has 0 aliphatic heterocycles. The lowest BCUT2D eigenvalue weighted by Gasteiger charge is -2.17. The van der Waals surface area contributed by atoms with Crippen LogP contribution in [-0.2, 0) is 6.42 Å². The molecule has 0 atom stereocenters. The van der Waals surface area contributed by atoms with Crippen LogP contribution in [0, 0.1) is 5.41 Å². The Balaban J connectivity index is 2.05. The van der Waals surface area contributed by atoms with Gasteiger partial charge in [0.05, 0.1) is 0 Å². The molecule has 0 bridgehead atoms. The molecule has 2 rings (SSSR count). The number of hydrogen-bond acceptors (Lipinski definition) is 0. The van der Waals surface area contributed by atoms with E-state index in [2.05, 4.69) is 56.2 Å². The maximum absolute atomic E-state index is 3.34. The largest absolute Gasteiger partial charge is 0.361 e. The molecule has 1 heterocycles. The van der Waals surface area contributed by atoms with E-state index in [9.17, 15) is 0 Å². The molecule has 0 unspecified atom stereocenters. The van der Waals surface area contributed by atoms with Gasteiger partial charge in [0.15, 0.2) is 0 Å². The van der Waals surface area contributed by atoms with Crippen LogP contribution in [0.3, 0.4) is 0 Å². The van der Waals surface area contributed by atoms with E-state index in [0.717, 1.165) is 0 Å². The summed E-state index contributed by atoms with van der Waals surface area (Å²) in [5, 5.41) is 1.39. The fourth-order valence-corrected chi connectivity index (χ4v) is 2.15. The molecule has 1 nitrogen and oxygen atoms in total. The van der Waals surface area contributed by atoms with Crippen LogP contribution in [0.2, 0.25) is 0 Å². The van der Waals surface area contributed by atoms with Crippen molar-refractivity contribution in [3.05, 3.63) is 36.0 Å². The van der Waals surface area contributed by atoms with Gasteiger partial charge in [-0.1, -0.05) is 39.0 Å². The number of hydrogen-bond donors (Lipinski definition) is 1. The van der Waals surface area contributed by atoms with Crippen LogP contribution >= 0.6 is 0 Å². The fraction of sp³-hybridized carbons (Fsp3) is 0.467. The average Bonchev–Trinajstić information content (AvgIpc) is 2.60. The van der Waals surface area contributed by atoms with Crippen molar-refractivity contribution >= 4 is 10.9 Å². The Hall–Kier alpha value is -1.24. The van der Waals surface area contributed by atoms with E-state index in [1.54, 1.807) is 0 Å². The number of aromatic nitrogens is 1. The first-order chi connectivity index (χ1) is 7.56.